The fraction of sp³-hybridized carbons (Fsp3) is 0.282. The van der Waals surface area contributed by atoms with Gasteiger partial charge in [0.05, 0.1) is 6.04 Å². The number of hydrogen-bond donors (Lipinski definition) is 0. The van der Waals surface area contributed by atoms with Crippen LogP contribution in [0.2, 0.25) is 0 Å². The molecule has 5 heteroatoms. The summed E-state index contributed by atoms with van der Waals surface area (Å²) in [4.78, 5) is 4.63. The number of rotatable bonds is 7. The zero-order valence-electron chi connectivity index (χ0n) is 25.6. The molecule has 0 spiro atoms. The van der Waals surface area contributed by atoms with Crippen molar-refractivity contribution in [1.82, 2.24) is 4.90 Å². The highest BCUT2D eigenvalue weighted by molar-refractivity contribution is 5.97. The maximum atomic E-state index is 13.8. The lowest BCUT2D eigenvalue weighted by molar-refractivity contribution is 0.183. The second kappa shape index (κ2) is 13.8. The summed E-state index contributed by atoms with van der Waals surface area (Å²) in [7, 11) is 2.03. The molecule has 0 bridgehead atoms. The van der Waals surface area contributed by atoms with Crippen molar-refractivity contribution in [3.8, 4) is 22.6 Å². The second-order valence-electron chi connectivity index (χ2n) is 11.6. The number of anilines is 1. The summed E-state index contributed by atoms with van der Waals surface area (Å²) >= 11 is 0. The highest BCUT2D eigenvalue weighted by atomic mass is 19.1. The van der Waals surface area contributed by atoms with Gasteiger partial charge < -0.3 is 14.4 Å². The smallest absolute Gasteiger partial charge is 0.128 e. The molecule has 5 aromatic carbocycles. The minimum atomic E-state index is -0.202. The Kier molecular flexibility index (Phi) is 9.29. The number of fused-ring (bicyclic) bond motifs is 5. The van der Waals surface area contributed by atoms with Gasteiger partial charge in [-0.15, -0.1) is 0 Å². The molecule has 1 saturated heterocycles. The monoisotopic (exact) mass is 586 g/mol. The molecule has 5 aromatic rings. The summed E-state index contributed by atoms with van der Waals surface area (Å²) in [6, 6.07) is 37.3. The third-order valence-corrected chi connectivity index (χ3v) is 8.66. The van der Waals surface area contributed by atoms with Crippen LogP contribution >= 0.6 is 0 Å². The first-order chi connectivity index (χ1) is 21.6. The summed E-state index contributed by atoms with van der Waals surface area (Å²) in [5, 5.41) is 2.36. The van der Waals surface area contributed by atoms with Gasteiger partial charge in [0.15, 0.2) is 0 Å². The third-order valence-electron chi connectivity index (χ3n) is 8.66. The Morgan fingerprint density at radius 2 is 1.64 bits per heavy atom. The number of benzene rings is 4. The zero-order chi connectivity index (χ0) is 30.3. The van der Waals surface area contributed by atoms with Crippen molar-refractivity contribution < 1.29 is 13.9 Å². The van der Waals surface area contributed by atoms with E-state index in [0.29, 0.717) is 6.61 Å². The van der Waals surface area contributed by atoms with Crippen LogP contribution in [0.4, 0.5) is 10.1 Å². The topological polar surface area (TPSA) is 24.9 Å². The first-order valence-corrected chi connectivity index (χ1v) is 15.6. The molecule has 0 amide bonds. The van der Waals surface area contributed by atoms with Crippen molar-refractivity contribution in [2.45, 2.75) is 38.8 Å². The van der Waals surface area contributed by atoms with Crippen LogP contribution in [0, 0.1) is 17.9 Å². The van der Waals surface area contributed by atoms with E-state index in [4.69, 9.17) is 9.47 Å². The molecule has 0 N–H and O–H groups in total. The quantitative estimate of drug-likeness (QED) is 0.190. The predicted octanol–water partition coefficient (Wildman–Crippen LogP) is 8.89. The maximum absolute atomic E-state index is 13.8. The molecule has 7 rings (SSSR count). The van der Waals surface area contributed by atoms with E-state index in [1.54, 1.807) is 6.07 Å². The van der Waals surface area contributed by atoms with Crippen LogP contribution < -0.4 is 14.4 Å². The minimum Gasteiger partial charge on any atom is -0.492 e. The minimum absolute atomic E-state index is 0.152. The van der Waals surface area contributed by atoms with Crippen molar-refractivity contribution in [1.29, 1.82) is 0 Å². The van der Waals surface area contributed by atoms with Gasteiger partial charge in [-0.25, -0.2) is 4.39 Å². The number of hydrogen-bond acceptors (Lipinski definition) is 4. The third kappa shape index (κ3) is 6.82. The van der Waals surface area contributed by atoms with Gasteiger partial charge >= 0.3 is 0 Å². The number of halogens is 1. The highest BCUT2D eigenvalue weighted by Gasteiger charge is 2.27. The largest absolute Gasteiger partial charge is 0.492 e. The molecule has 2 aliphatic rings. The van der Waals surface area contributed by atoms with Crippen LogP contribution in [0.3, 0.4) is 0 Å². The Morgan fingerprint density at radius 1 is 0.818 bits per heavy atom. The number of nitrogens with zero attached hydrogens (tertiary/aromatic N) is 2. The Morgan fingerprint density at radius 3 is 2.43 bits per heavy atom. The normalized spacial score (nSPS) is 15.8. The van der Waals surface area contributed by atoms with Gasteiger partial charge in [0.25, 0.3) is 0 Å². The van der Waals surface area contributed by atoms with Crippen molar-refractivity contribution in [2.75, 3.05) is 38.2 Å². The summed E-state index contributed by atoms with van der Waals surface area (Å²) in [5.74, 6) is 1.55. The molecule has 1 fully saturated rings. The molecule has 0 radical (unpaired) electrons. The molecule has 44 heavy (non-hydrogen) atoms. The van der Waals surface area contributed by atoms with Gasteiger partial charge in [0.2, 0.25) is 0 Å². The van der Waals surface area contributed by atoms with Crippen molar-refractivity contribution >= 4 is 16.5 Å². The number of piperidine rings is 1. The first kappa shape index (κ1) is 29.5. The Balaban J connectivity index is 0.000000193. The Bertz CT molecular complexity index is 1670. The lowest BCUT2D eigenvalue weighted by Gasteiger charge is -2.36. The molecule has 2 heterocycles. The van der Waals surface area contributed by atoms with E-state index in [9.17, 15) is 4.39 Å². The molecule has 0 aliphatic carbocycles. The van der Waals surface area contributed by atoms with E-state index in [1.165, 1.54) is 54.9 Å². The highest BCUT2D eigenvalue weighted by Crippen LogP contribution is 2.47. The molecule has 1 atom stereocenters. The molecule has 0 saturated carbocycles. The molecule has 2 aliphatic heterocycles. The van der Waals surface area contributed by atoms with Gasteiger partial charge in [-0.2, -0.15) is 0 Å². The van der Waals surface area contributed by atoms with Gasteiger partial charge in [-0.3, -0.25) is 4.90 Å². The van der Waals surface area contributed by atoms with E-state index in [1.807, 2.05) is 55.6 Å². The number of ether oxygens (including phenoxy) is 2. The van der Waals surface area contributed by atoms with Crippen LogP contribution in [0.1, 0.15) is 43.4 Å². The summed E-state index contributed by atoms with van der Waals surface area (Å²) in [6.07, 6.45) is 4.07. The van der Waals surface area contributed by atoms with Gasteiger partial charge in [-0.05, 0) is 103 Å². The summed E-state index contributed by atoms with van der Waals surface area (Å²) < 4.78 is 25.4. The molecule has 224 valence electrons. The van der Waals surface area contributed by atoms with Crippen LogP contribution in [0.15, 0.2) is 97.1 Å². The van der Waals surface area contributed by atoms with E-state index >= 15 is 0 Å². The van der Waals surface area contributed by atoms with Crippen LogP contribution in [0.25, 0.3) is 21.9 Å². The van der Waals surface area contributed by atoms with Gasteiger partial charge in [-0.1, -0.05) is 67.1 Å². The average Bonchev–Trinajstić information content (AvgIpc) is 3.07. The Labute approximate surface area is 260 Å². The second-order valence-corrected chi connectivity index (χ2v) is 11.6. The van der Waals surface area contributed by atoms with Gasteiger partial charge in [0, 0.05) is 30.9 Å². The van der Waals surface area contributed by atoms with Crippen LogP contribution in [-0.4, -0.2) is 38.2 Å². The van der Waals surface area contributed by atoms with Crippen LogP contribution in [0.5, 0.6) is 11.5 Å². The molecular formula is C39H39FN2O2. The molecule has 0 aromatic heterocycles. The average molecular weight is 587 g/mol. The Hall–Kier alpha value is -4.53. The summed E-state index contributed by atoms with van der Waals surface area (Å²) in [5.41, 5.74) is 5.62. The first-order valence-electron chi connectivity index (χ1n) is 15.6. The van der Waals surface area contributed by atoms with E-state index in [2.05, 4.69) is 65.3 Å². The van der Waals surface area contributed by atoms with Gasteiger partial charge in [0.1, 0.15) is 30.5 Å². The van der Waals surface area contributed by atoms with E-state index in [0.717, 1.165) is 46.9 Å². The summed E-state index contributed by atoms with van der Waals surface area (Å²) in [6.45, 7) is 7.01. The number of likely N-dealkylation sites (tertiary alicyclic amines) is 1. The standard InChI is InChI=1S/C26H22FNO.C13H17NO/c1-17-26-22-13-10-21(29-16-18-6-4-3-5-7-18)14-19(22)8-11-24(26)23-12-9-20(27)15-25(23)28(17)2;1-3-7-13(8-4-1)15-12-11-14-9-5-2-6-10-14/h3-15,17H,16H2,1-2H3;3,7-8H,2,5-6,9-12H2. The van der Waals surface area contributed by atoms with Crippen molar-refractivity contribution in [3.63, 3.8) is 0 Å². The zero-order valence-corrected chi connectivity index (χ0v) is 25.6. The maximum Gasteiger partial charge on any atom is 0.128 e. The van der Waals surface area contributed by atoms with E-state index < -0.39 is 0 Å². The molecule has 1 unspecified atom stereocenters. The SMILES string of the molecule is CC1c2c(ccc3cc(OCc4ccccc4)ccc23)-c2ccc(F)cc2N1C.c1ccc(OCCN2CCCCC2)cc#1. The van der Waals surface area contributed by atoms with Crippen molar-refractivity contribution in [2.24, 2.45) is 0 Å². The predicted molar refractivity (Wildman–Crippen MR) is 177 cm³/mol. The lowest BCUT2D eigenvalue weighted by Crippen LogP contribution is -2.33. The molecule has 4 nitrogen and oxygen atoms in total. The molecular weight excluding hydrogens is 547 g/mol. The fourth-order valence-electron chi connectivity index (χ4n) is 6.17. The van der Waals surface area contributed by atoms with E-state index in [-0.39, 0.29) is 11.9 Å². The van der Waals surface area contributed by atoms with Crippen molar-refractivity contribution in [3.05, 3.63) is 126 Å². The fourth-order valence-corrected chi connectivity index (χ4v) is 6.17. The van der Waals surface area contributed by atoms with Crippen LogP contribution in [-0.2, 0) is 6.61 Å². The lowest BCUT2D eigenvalue weighted by atomic mass is 9.85.